The number of rotatable bonds is 1. The summed E-state index contributed by atoms with van der Waals surface area (Å²) in [5.74, 6) is 0.420. The van der Waals surface area contributed by atoms with E-state index in [1.54, 1.807) is 28.8 Å². The lowest BCUT2D eigenvalue weighted by Gasteiger charge is -2.39. The zero-order valence-corrected chi connectivity index (χ0v) is 13.3. The summed E-state index contributed by atoms with van der Waals surface area (Å²) in [5, 5.41) is 9.92. The number of carbonyl (C=O) groups is 2. The van der Waals surface area contributed by atoms with Gasteiger partial charge >= 0.3 is 6.03 Å². The summed E-state index contributed by atoms with van der Waals surface area (Å²) in [6.45, 7) is 4.50. The molecule has 0 spiro atoms. The van der Waals surface area contributed by atoms with E-state index in [4.69, 9.17) is 0 Å². The molecule has 0 saturated carbocycles. The van der Waals surface area contributed by atoms with E-state index >= 15 is 0 Å². The summed E-state index contributed by atoms with van der Waals surface area (Å²) in [6, 6.07) is 0.0168. The Morgan fingerprint density at radius 3 is 2.14 bits per heavy atom. The molecule has 1 N–H and O–H groups in total. The fourth-order valence-electron chi connectivity index (χ4n) is 3.11. The van der Waals surface area contributed by atoms with Crippen LogP contribution in [-0.4, -0.2) is 78.1 Å². The van der Waals surface area contributed by atoms with Gasteiger partial charge < -0.3 is 19.8 Å². The van der Waals surface area contributed by atoms with Crippen LogP contribution in [0.4, 0.5) is 4.79 Å². The quantitative estimate of drug-likeness (QED) is 0.771. The average Bonchev–Trinajstić information content (AvgIpc) is 2.48. The van der Waals surface area contributed by atoms with Gasteiger partial charge in [-0.2, -0.15) is 0 Å². The van der Waals surface area contributed by atoms with Crippen molar-refractivity contribution in [3.05, 3.63) is 0 Å². The Bertz CT molecular complexity index is 392. The van der Waals surface area contributed by atoms with Gasteiger partial charge in [0, 0.05) is 46.2 Å². The van der Waals surface area contributed by atoms with Crippen molar-refractivity contribution >= 4 is 11.9 Å². The highest BCUT2D eigenvalue weighted by molar-refractivity contribution is 5.80. The van der Waals surface area contributed by atoms with E-state index in [1.165, 1.54) is 0 Å². The minimum atomic E-state index is -0.405. The Kier molecular flexibility index (Phi) is 5.08. The van der Waals surface area contributed by atoms with Crippen molar-refractivity contribution in [3.8, 4) is 0 Å². The summed E-state index contributed by atoms with van der Waals surface area (Å²) >= 11 is 0. The number of aliphatic hydroxyl groups excluding tert-OH is 1. The molecule has 2 fully saturated rings. The minimum Gasteiger partial charge on any atom is -0.391 e. The van der Waals surface area contributed by atoms with Gasteiger partial charge in [0.05, 0.1) is 6.10 Å². The first-order valence-electron chi connectivity index (χ1n) is 7.83. The van der Waals surface area contributed by atoms with Crippen molar-refractivity contribution < 1.29 is 14.7 Å². The maximum atomic E-state index is 12.5. The number of piperidine rings is 2. The smallest absolute Gasteiger partial charge is 0.319 e. The van der Waals surface area contributed by atoms with Gasteiger partial charge in [-0.1, -0.05) is 6.92 Å². The van der Waals surface area contributed by atoms with E-state index in [0.717, 1.165) is 25.8 Å². The molecule has 0 radical (unpaired) electrons. The fraction of sp³-hybridized carbons (Fsp3) is 0.867. The highest BCUT2D eigenvalue weighted by atomic mass is 16.3. The number of aliphatic hydroxyl groups is 1. The second-order valence-electron chi connectivity index (χ2n) is 6.56. The molecule has 2 aliphatic heterocycles. The lowest BCUT2D eigenvalue weighted by Crippen LogP contribution is -2.51. The maximum Gasteiger partial charge on any atom is 0.319 e. The van der Waals surface area contributed by atoms with Gasteiger partial charge in [-0.15, -0.1) is 0 Å². The van der Waals surface area contributed by atoms with E-state index in [9.17, 15) is 14.7 Å². The molecule has 2 atom stereocenters. The molecule has 3 amide bonds. The van der Waals surface area contributed by atoms with Crippen molar-refractivity contribution in [3.63, 3.8) is 0 Å². The van der Waals surface area contributed by atoms with E-state index in [0.29, 0.717) is 19.6 Å². The molecule has 0 bridgehead atoms. The van der Waals surface area contributed by atoms with Crippen molar-refractivity contribution in [2.75, 3.05) is 40.3 Å². The van der Waals surface area contributed by atoms with E-state index in [-0.39, 0.29) is 23.8 Å². The highest BCUT2D eigenvalue weighted by Gasteiger charge is 2.34. The van der Waals surface area contributed by atoms with Crippen LogP contribution in [0.5, 0.6) is 0 Å². The second kappa shape index (κ2) is 6.64. The topological polar surface area (TPSA) is 64.1 Å². The van der Waals surface area contributed by atoms with Gasteiger partial charge in [-0.3, -0.25) is 4.79 Å². The molecule has 2 aliphatic rings. The van der Waals surface area contributed by atoms with Crippen LogP contribution in [-0.2, 0) is 4.79 Å². The first-order chi connectivity index (χ1) is 9.90. The number of carbonyl (C=O) groups excluding carboxylic acids is 2. The molecular formula is C15H27N3O3. The number of hydrogen-bond donors (Lipinski definition) is 1. The molecule has 0 aromatic heterocycles. The molecule has 0 aromatic rings. The zero-order chi connectivity index (χ0) is 15.6. The second-order valence-corrected chi connectivity index (χ2v) is 6.56. The molecule has 21 heavy (non-hydrogen) atoms. The molecule has 6 heteroatoms. The Labute approximate surface area is 126 Å². The van der Waals surface area contributed by atoms with Gasteiger partial charge in [0.25, 0.3) is 0 Å². The molecule has 2 heterocycles. The van der Waals surface area contributed by atoms with Crippen LogP contribution in [0.2, 0.25) is 0 Å². The van der Waals surface area contributed by atoms with Gasteiger partial charge in [-0.25, -0.2) is 4.79 Å². The van der Waals surface area contributed by atoms with Gasteiger partial charge in [0.15, 0.2) is 0 Å². The number of β-amino-alcohol motifs (C(OH)–C–C–N with tert-alkyl or cyclic N) is 1. The summed E-state index contributed by atoms with van der Waals surface area (Å²) < 4.78 is 0. The molecule has 2 rings (SSSR count). The molecule has 120 valence electrons. The van der Waals surface area contributed by atoms with Gasteiger partial charge in [-0.05, 0) is 25.2 Å². The monoisotopic (exact) mass is 297 g/mol. The number of nitrogens with zero attached hydrogens (tertiary/aromatic N) is 3. The summed E-state index contributed by atoms with van der Waals surface area (Å²) in [4.78, 5) is 29.6. The SMILES string of the molecule is CC1CCN(C(=O)C2CCN(C(=O)N(C)C)CC2)CC1O. The lowest BCUT2D eigenvalue weighted by molar-refractivity contribution is -0.141. The van der Waals surface area contributed by atoms with Crippen LogP contribution < -0.4 is 0 Å². The third-order valence-electron chi connectivity index (χ3n) is 4.73. The predicted molar refractivity (Wildman–Crippen MR) is 79.7 cm³/mol. The zero-order valence-electron chi connectivity index (χ0n) is 13.3. The van der Waals surface area contributed by atoms with Crippen molar-refractivity contribution in [2.45, 2.75) is 32.3 Å². The Balaban J connectivity index is 1.85. The van der Waals surface area contributed by atoms with Crippen LogP contribution in [0.1, 0.15) is 26.2 Å². The predicted octanol–water partition coefficient (Wildman–Crippen LogP) is 0.609. The van der Waals surface area contributed by atoms with Gasteiger partial charge in [0.1, 0.15) is 0 Å². The van der Waals surface area contributed by atoms with E-state index in [2.05, 4.69) is 0 Å². The standard InChI is InChI=1S/C15H27N3O3/c1-11-4-7-18(10-13(11)19)14(20)12-5-8-17(9-6-12)15(21)16(2)3/h11-13,19H,4-10H2,1-3H3. The summed E-state index contributed by atoms with van der Waals surface area (Å²) in [6.07, 6.45) is 1.91. The third kappa shape index (κ3) is 3.67. The van der Waals surface area contributed by atoms with Crippen molar-refractivity contribution in [2.24, 2.45) is 11.8 Å². The van der Waals surface area contributed by atoms with Crippen molar-refractivity contribution in [1.82, 2.24) is 14.7 Å². The summed E-state index contributed by atoms with van der Waals surface area (Å²) in [5.41, 5.74) is 0. The Morgan fingerprint density at radius 2 is 1.62 bits per heavy atom. The van der Waals surface area contributed by atoms with Gasteiger partial charge in [0.2, 0.25) is 5.91 Å². The molecule has 0 aliphatic carbocycles. The van der Waals surface area contributed by atoms with Crippen LogP contribution in [0.25, 0.3) is 0 Å². The van der Waals surface area contributed by atoms with E-state index < -0.39 is 6.10 Å². The first kappa shape index (κ1) is 16.1. The molecular weight excluding hydrogens is 270 g/mol. The lowest BCUT2D eigenvalue weighted by atomic mass is 9.91. The first-order valence-corrected chi connectivity index (χ1v) is 7.83. The Hall–Kier alpha value is -1.30. The van der Waals surface area contributed by atoms with Crippen LogP contribution in [0.3, 0.4) is 0 Å². The highest BCUT2D eigenvalue weighted by Crippen LogP contribution is 2.24. The molecule has 6 nitrogen and oxygen atoms in total. The molecule has 2 saturated heterocycles. The number of urea groups is 1. The number of amides is 3. The minimum absolute atomic E-state index is 0.00295. The molecule has 2 unspecified atom stereocenters. The number of hydrogen-bond acceptors (Lipinski definition) is 3. The maximum absolute atomic E-state index is 12.5. The van der Waals surface area contributed by atoms with E-state index in [1.807, 2.05) is 6.92 Å². The third-order valence-corrected chi connectivity index (χ3v) is 4.73. The summed E-state index contributed by atoms with van der Waals surface area (Å²) in [7, 11) is 3.49. The molecule has 0 aromatic carbocycles. The normalized spacial score (nSPS) is 27.6. The fourth-order valence-corrected chi connectivity index (χ4v) is 3.11. The average molecular weight is 297 g/mol. The van der Waals surface area contributed by atoms with Crippen LogP contribution in [0, 0.1) is 11.8 Å². The number of likely N-dealkylation sites (tertiary alicyclic amines) is 2. The Morgan fingerprint density at radius 1 is 1.05 bits per heavy atom. The van der Waals surface area contributed by atoms with Crippen LogP contribution in [0.15, 0.2) is 0 Å². The van der Waals surface area contributed by atoms with Crippen LogP contribution >= 0.6 is 0 Å². The largest absolute Gasteiger partial charge is 0.391 e. The van der Waals surface area contributed by atoms with Crippen molar-refractivity contribution in [1.29, 1.82) is 0 Å².